The molecule has 0 aromatic heterocycles. The second-order valence-electron chi connectivity index (χ2n) is 8.07. The van der Waals surface area contributed by atoms with E-state index in [2.05, 4.69) is 5.32 Å². The number of carboxylic acids is 1. The van der Waals surface area contributed by atoms with Gasteiger partial charge in [0.2, 0.25) is 5.91 Å². The van der Waals surface area contributed by atoms with E-state index in [1.165, 1.54) is 0 Å². The zero-order valence-corrected chi connectivity index (χ0v) is 23.0. The molecule has 1 rings (SSSR count). The van der Waals surface area contributed by atoms with Crippen LogP contribution in [0.5, 0.6) is 0 Å². The van der Waals surface area contributed by atoms with Gasteiger partial charge < -0.3 is 48.3 Å². The van der Waals surface area contributed by atoms with Crippen LogP contribution in [0.25, 0.3) is 0 Å². The second kappa shape index (κ2) is 24.3. The third-order valence-electron chi connectivity index (χ3n) is 5.07. The standard InChI is InChI=1S/C25H42N2O13/c1-33-6-7-35-10-11-37-14-15-39-18-19-40-17-16-38-13-12-36-9-8-34-5-4-22(28)26-20-21(25(31)32)27-23(29)2-3-24(27)30/h2-3,21H,4-20H2,1H3,(H,26,28)(H,31,32)/t21-/m0/s1. The number of nitrogens with one attached hydrogen (secondary N) is 1. The van der Waals surface area contributed by atoms with Crippen molar-refractivity contribution in [3.63, 3.8) is 0 Å². The van der Waals surface area contributed by atoms with Gasteiger partial charge in [0.1, 0.15) is 0 Å². The second-order valence-corrected chi connectivity index (χ2v) is 8.07. The highest BCUT2D eigenvalue weighted by Gasteiger charge is 2.35. The third kappa shape index (κ3) is 18.0. The predicted molar refractivity (Wildman–Crippen MR) is 138 cm³/mol. The summed E-state index contributed by atoms with van der Waals surface area (Å²) in [6, 6.07) is -1.48. The number of nitrogens with zero attached hydrogens (tertiary/aromatic N) is 1. The summed E-state index contributed by atoms with van der Waals surface area (Å²) >= 11 is 0. The first-order valence-electron chi connectivity index (χ1n) is 13.0. The molecule has 0 aromatic rings. The van der Waals surface area contributed by atoms with Gasteiger partial charge in [-0.25, -0.2) is 4.79 Å². The Balaban J connectivity index is 1.82. The summed E-state index contributed by atoms with van der Waals surface area (Å²) in [4.78, 5) is 47.1. The molecule has 1 heterocycles. The number of methoxy groups -OCH3 is 1. The molecule has 0 spiro atoms. The molecule has 40 heavy (non-hydrogen) atoms. The molecule has 0 saturated heterocycles. The molecule has 0 radical (unpaired) electrons. The van der Waals surface area contributed by atoms with E-state index in [1.807, 2.05) is 0 Å². The Kier molecular flexibility index (Phi) is 21.6. The number of hydrogen-bond donors (Lipinski definition) is 2. The minimum absolute atomic E-state index is 0.0144. The Morgan fingerprint density at radius 3 is 1.38 bits per heavy atom. The molecular formula is C25H42N2O13. The van der Waals surface area contributed by atoms with E-state index < -0.39 is 36.3 Å². The van der Waals surface area contributed by atoms with E-state index in [1.54, 1.807) is 7.11 Å². The number of ether oxygens (including phenoxy) is 8. The minimum Gasteiger partial charge on any atom is -0.480 e. The largest absolute Gasteiger partial charge is 0.480 e. The van der Waals surface area contributed by atoms with Crippen molar-refractivity contribution in [2.24, 2.45) is 0 Å². The summed E-state index contributed by atoms with van der Waals surface area (Å²) in [7, 11) is 1.63. The molecular weight excluding hydrogens is 536 g/mol. The van der Waals surface area contributed by atoms with Gasteiger partial charge in [0.25, 0.3) is 11.8 Å². The number of carbonyl (C=O) groups is 4. The molecule has 3 amide bonds. The number of carbonyl (C=O) groups excluding carboxylic acids is 3. The molecule has 1 aliphatic heterocycles. The fourth-order valence-corrected chi connectivity index (χ4v) is 3.04. The first-order chi connectivity index (χ1) is 19.5. The molecule has 0 saturated carbocycles. The normalized spacial score (nSPS) is 13.8. The van der Waals surface area contributed by atoms with Gasteiger partial charge in [0.05, 0.1) is 99.1 Å². The van der Waals surface area contributed by atoms with Gasteiger partial charge in [-0.15, -0.1) is 0 Å². The van der Waals surface area contributed by atoms with E-state index >= 15 is 0 Å². The summed E-state index contributed by atoms with van der Waals surface area (Å²) in [6.45, 7) is 6.04. The topological polar surface area (TPSA) is 178 Å². The zero-order valence-electron chi connectivity index (χ0n) is 23.0. The lowest BCUT2D eigenvalue weighted by molar-refractivity contribution is -0.153. The lowest BCUT2D eigenvalue weighted by Gasteiger charge is -2.22. The highest BCUT2D eigenvalue weighted by Crippen LogP contribution is 2.09. The fraction of sp³-hybridized carbons (Fsp3) is 0.760. The smallest absolute Gasteiger partial charge is 0.328 e. The maximum atomic E-state index is 11.9. The molecule has 15 heteroatoms. The van der Waals surface area contributed by atoms with Crippen molar-refractivity contribution in [1.82, 2.24) is 10.2 Å². The van der Waals surface area contributed by atoms with Crippen LogP contribution in [0.15, 0.2) is 12.2 Å². The van der Waals surface area contributed by atoms with Crippen molar-refractivity contribution in [2.45, 2.75) is 12.5 Å². The maximum Gasteiger partial charge on any atom is 0.328 e. The van der Waals surface area contributed by atoms with Crippen LogP contribution in [0.3, 0.4) is 0 Å². The van der Waals surface area contributed by atoms with Crippen molar-refractivity contribution in [2.75, 3.05) is 113 Å². The lowest BCUT2D eigenvalue weighted by atomic mass is 10.2. The average molecular weight is 579 g/mol. The summed E-state index contributed by atoms with van der Waals surface area (Å²) in [6.07, 6.45) is 1.96. The Hall–Kier alpha value is -2.50. The molecule has 15 nitrogen and oxygen atoms in total. The number of amides is 3. The Morgan fingerprint density at radius 2 is 1.02 bits per heavy atom. The van der Waals surface area contributed by atoms with Gasteiger partial charge in [0, 0.05) is 32.2 Å². The van der Waals surface area contributed by atoms with Gasteiger partial charge in [-0.1, -0.05) is 0 Å². The number of aliphatic carboxylic acids is 1. The van der Waals surface area contributed by atoms with E-state index in [9.17, 15) is 24.3 Å². The van der Waals surface area contributed by atoms with Crippen molar-refractivity contribution in [3.05, 3.63) is 12.2 Å². The lowest BCUT2D eigenvalue weighted by Crippen LogP contribution is -2.51. The molecule has 1 aliphatic rings. The van der Waals surface area contributed by atoms with E-state index in [0.717, 1.165) is 12.2 Å². The van der Waals surface area contributed by atoms with Gasteiger partial charge in [-0.3, -0.25) is 19.3 Å². The average Bonchev–Trinajstić information content (AvgIpc) is 3.26. The van der Waals surface area contributed by atoms with Crippen LogP contribution < -0.4 is 5.32 Å². The van der Waals surface area contributed by atoms with Crippen LogP contribution in [0.2, 0.25) is 0 Å². The van der Waals surface area contributed by atoms with E-state index in [4.69, 9.17) is 37.9 Å². The summed E-state index contributed by atoms with van der Waals surface area (Å²) in [5.41, 5.74) is 0. The number of imide groups is 1. The quantitative estimate of drug-likeness (QED) is 0.0822. The van der Waals surface area contributed by atoms with E-state index in [-0.39, 0.29) is 19.6 Å². The van der Waals surface area contributed by atoms with Crippen LogP contribution in [0, 0.1) is 0 Å². The molecule has 0 bridgehead atoms. The molecule has 230 valence electrons. The number of hydrogen-bond acceptors (Lipinski definition) is 12. The first-order valence-corrected chi connectivity index (χ1v) is 13.0. The zero-order chi connectivity index (χ0) is 29.3. The minimum atomic E-state index is -1.48. The fourth-order valence-electron chi connectivity index (χ4n) is 3.04. The third-order valence-corrected chi connectivity index (χ3v) is 5.07. The summed E-state index contributed by atoms with van der Waals surface area (Å²) in [5, 5.41) is 11.7. The monoisotopic (exact) mass is 578 g/mol. The predicted octanol–water partition coefficient (Wildman–Crippen LogP) is -1.37. The van der Waals surface area contributed by atoms with Gasteiger partial charge in [0.15, 0.2) is 6.04 Å². The van der Waals surface area contributed by atoms with Crippen LogP contribution in [0.4, 0.5) is 0 Å². The van der Waals surface area contributed by atoms with Gasteiger partial charge in [-0.2, -0.15) is 0 Å². The van der Waals surface area contributed by atoms with Crippen molar-refractivity contribution in [1.29, 1.82) is 0 Å². The molecule has 2 N–H and O–H groups in total. The van der Waals surface area contributed by atoms with E-state index in [0.29, 0.717) is 90.8 Å². The molecule has 0 aromatic carbocycles. The van der Waals surface area contributed by atoms with Crippen molar-refractivity contribution >= 4 is 23.7 Å². The summed E-state index contributed by atoms with van der Waals surface area (Å²) < 4.78 is 42.4. The molecule has 0 aliphatic carbocycles. The SMILES string of the molecule is COCCOCCOCCOCCOCCOCCOCCOCCC(=O)NC[C@@H](C(=O)O)N1C(=O)C=CC1=O. The summed E-state index contributed by atoms with van der Waals surface area (Å²) in [5.74, 6) is -3.32. The van der Waals surface area contributed by atoms with Crippen LogP contribution in [-0.4, -0.2) is 152 Å². The van der Waals surface area contributed by atoms with Gasteiger partial charge in [-0.05, 0) is 0 Å². The number of carboxylic acid groups (broad SMARTS) is 1. The number of rotatable bonds is 28. The first kappa shape index (κ1) is 35.5. The Bertz CT molecular complexity index is 732. The highest BCUT2D eigenvalue weighted by molar-refractivity contribution is 6.14. The van der Waals surface area contributed by atoms with Crippen LogP contribution in [0.1, 0.15) is 6.42 Å². The molecule has 0 unspecified atom stereocenters. The van der Waals surface area contributed by atoms with Gasteiger partial charge >= 0.3 is 5.97 Å². The Morgan fingerprint density at radius 1 is 0.675 bits per heavy atom. The van der Waals surface area contributed by atoms with Crippen LogP contribution >= 0.6 is 0 Å². The van der Waals surface area contributed by atoms with Crippen molar-refractivity contribution < 1.29 is 62.2 Å². The van der Waals surface area contributed by atoms with Crippen LogP contribution in [-0.2, 0) is 57.1 Å². The van der Waals surface area contributed by atoms with Crippen molar-refractivity contribution in [3.8, 4) is 0 Å². The Labute approximate surface area is 233 Å². The molecule has 1 atom stereocenters. The highest BCUT2D eigenvalue weighted by atomic mass is 16.6. The molecule has 0 fully saturated rings. The maximum absolute atomic E-state index is 11.9.